The summed E-state index contributed by atoms with van der Waals surface area (Å²) in [6.07, 6.45) is 0. The molecule has 0 amide bonds. The molecule has 2 N–H and O–H groups in total. The van der Waals surface area contributed by atoms with E-state index in [1.54, 1.807) is 0 Å². The third kappa shape index (κ3) is 3.66. The first-order valence-electron chi connectivity index (χ1n) is 6.79. The van der Waals surface area contributed by atoms with Gasteiger partial charge in [-0.15, -0.1) is 11.3 Å². The summed E-state index contributed by atoms with van der Waals surface area (Å²) >= 11 is 1.81. The molecule has 0 aliphatic heterocycles. The molecule has 1 aromatic carbocycles. The summed E-state index contributed by atoms with van der Waals surface area (Å²) in [6, 6.07) is 15.3. The number of thiophene rings is 1. The lowest BCUT2D eigenvalue weighted by Crippen LogP contribution is -2.39. The van der Waals surface area contributed by atoms with Crippen molar-refractivity contribution in [3.63, 3.8) is 0 Å². The van der Waals surface area contributed by atoms with Gasteiger partial charge in [-0.2, -0.15) is 0 Å². The van der Waals surface area contributed by atoms with Crippen LogP contribution in [0.15, 0.2) is 47.8 Å². The summed E-state index contributed by atoms with van der Waals surface area (Å²) in [5, 5.41) is 2.13. The Morgan fingerprint density at radius 2 is 1.89 bits per heavy atom. The first-order valence-corrected chi connectivity index (χ1v) is 7.67. The van der Waals surface area contributed by atoms with Crippen LogP contribution < -0.4 is 5.73 Å². The summed E-state index contributed by atoms with van der Waals surface area (Å²) in [4.78, 5) is 3.84. The van der Waals surface area contributed by atoms with Crippen molar-refractivity contribution in [2.24, 2.45) is 5.73 Å². The van der Waals surface area contributed by atoms with E-state index in [0.717, 1.165) is 13.1 Å². The molecule has 2 nitrogen and oxygen atoms in total. The van der Waals surface area contributed by atoms with Gasteiger partial charge in [0.1, 0.15) is 0 Å². The highest BCUT2D eigenvalue weighted by Gasteiger charge is 2.23. The molecule has 1 heterocycles. The summed E-state index contributed by atoms with van der Waals surface area (Å²) in [5.41, 5.74) is 7.54. The molecule has 19 heavy (non-hydrogen) atoms. The van der Waals surface area contributed by atoms with E-state index < -0.39 is 0 Å². The summed E-state index contributed by atoms with van der Waals surface area (Å²) in [5.74, 6) is 0. The maximum Gasteiger partial charge on any atom is 0.0500 e. The van der Waals surface area contributed by atoms with Crippen LogP contribution in [0.4, 0.5) is 0 Å². The fourth-order valence-electron chi connectivity index (χ4n) is 2.51. The molecule has 3 heteroatoms. The monoisotopic (exact) mass is 274 g/mol. The van der Waals surface area contributed by atoms with Crippen molar-refractivity contribution in [3.8, 4) is 0 Å². The second-order valence-electron chi connectivity index (χ2n) is 4.86. The lowest BCUT2D eigenvalue weighted by Gasteiger charge is -2.33. The van der Waals surface area contributed by atoms with Crippen LogP contribution in [0.2, 0.25) is 0 Å². The molecule has 102 valence electrons. The van der Waals surface area contributed by atoms with Gasteiger partial charge in [-0.3, -0.25) is 4.90 Å². The number of likely N-dealkylation sites (N-methyl/N-ethyl adjacent to an activating group) is 1. The minimum Gasteiger partial charge on any atom is -0.326 e. The molecule has 0 aliphatic rings. The Bertz CT molecular complexity index is 465. The van der Waals surface area contributed by atoms with E-state index in [0.29, 0.717) is 0 Å². The van der Waals surface area contributed by atoms with E-state index >= 15 is 0 Å². The number of nitrogens with zero attached hydrogens (tertiary/aromatic N) is 1. The van der Waals surface area contributed by atoms with Crippen LogP contribution in [0.1, 0.15) is 30.3 Å². The molecule has 0 spiro atoms. The molecular formula is C16H22N2S. The van der Waals surface area contributed by atoms with Gasteiger partial charge in [0.15, 0.2) is 0 Å². The molecule has 0 saturated carbocycles. The van der Waals surface area contributed by atoms with Crippen LogP contribution in [0.5, 0.6) is 0 Å². The zero-order valence-electron chi connectivity index (χ0n) is 11.6. The normalized spacial score (nSPS) is 14.5. The number of rotatable bonds is 6. The summed E-state index contributed by atoms with van der Waals surface area (Å²) < 4.78 is 0. The van der Waals surface area contributed by atoms with Crippen LogP contribution in [0, 0.1) is 0 Å². The Morgan fingerprint density at radius 1 is 1.16 bits per heavy atom. The molecule has 0 fully saturated rings. The molecule has 0 aliphatic carbocycles. The second-order valence-corrected chi connectivity index (χ2v) is 5.89. The quantitative estimate of drug-likeness (QED) is 0.871. The smallest absolute Gasteiger partial charge is 0.0500 e. The lowest BCUT2D eigenvalue weighted by atomic mass is 9.99. The molecule has 0 bridgehead atoms. The van der Waals surface area contributed by atoms with Gasteiger partial charge in [-0.05, 0) is 30.5 Å². The Balaban J connectivity index is 2.21. The molecule has 1 aromatic heterocycles. The van der Waals surface area contributed by atoms with E-state index in [9.17, 15) is 0 Å². The highest BCUT2D eigenvalue weighted by atomic mass is 32.1. The number of benzene rings is 1. The van der Waals surface area contributed by atoms with Crippen molar-refractivity contribution in [2.45, 2.75) is 32.5 Å². The second kappa shape index (κ2) is 6.85. The molecule has 0 radical (unpaired) electrons. The van der Waals surface area contributed by atoms with Crippen molar-refractivity contribution in [1.29, 1.82) is 0 Å². The van der Waals surface area contributed by atoms with Crippen molar-refractivity contribution < 1.29 is 0 Å². The molecular weight excluding hydrogens is 252 g/mol. The van der Waals surface area contributed by atoms with Gasteiger partial charge in [-0.25, -0.2) is 0 Å². The average Bonchev–Trinajstić information content (AvgIpc) is 2.91. The first-order chi connectivity index (χ1) is 9.22. The molecule has 2 aromatic rings. The number of nitrogens with two attached hydrogens (primary N) is 1. The summed E-state index contributed by atoms with van der Waals surface area (Å²) in [7, 11) is 0. The predicted octanol–water partition coefficient (Wildman–Crippen LogP) is 3.66. The zero-order valence-corrected chi connectivity index (χ0v) is 12.4. The highest BCUT2D eigenvalue weighted by molar-refractivity contribution is 7.09. The Morgan fingerprint density at radius 3 is 2.42 bits per heavy atom. The Hall–Kier alpha value is -1.16. The van der Waals surface area contributed by atoms with Crippen LogP contribution in [-0.4, -0.2) is 17.5 Å². The van der Waals surface area contributed by atoms with Crippen LogP contribution >= 0.6 is 11.3 Å². The van der Waals surface area contributed by atoms with Gasteiger partial charge in [0, 0.05) is 23.5 Å². The minimum absolute atomic E-state index is 0.113. The number of hydrogen-bond donors (Lipinski definition) is 1. The highest BCUT2D eigenvalue weighted by Crippen LogP contribution is 2.26. The lowest BCUT2D eigenvalue weighted by molar-refractivity contribution is 0.178. The third-order valence-electron chi connectivity index (χ3n) is 3.38. The molecule has 2 atom stereocenters. The van der Waals surface area contributed by atoms with Gasteiger partial charge in [-0.1, -0.05) is 43.3 Å². The maximum absolute atomic E-state index is 6.24. The Kier molecular flexibility index (Phi) is 5.14. The van der Waals surface area contributed by atoms with Gasteiger partial charge in [0.05, 0.1) is 0 Å². The van der Waals surface area contributed by atoms with Crippen LogP contribution in [0.3, 0.4) is 0 Å². The fourth-order valence-corrected chi connectivity index (χ4v) is 3.24. The van der Waals surface area contributed by atoms with E-state index in [-0.39, 0.29) is 12.1 Å². The Labute approximate surface area is 119 Å². The van der Waals surface area contributed by atoms with E-state index in [2.05, 4.69) is 66.6 Å². The van der Waals surface area contributed by atoms with Gasteiger partial charge >= 0.3 is 0 Å². The van der Waals surface area contributed by atoms with E-state index in [4.69, 9.17) is 5.73 Å². The van der Waals surface area contributed by atoms with Crippen molar-refractivity contribution in [1.82, 2.24) is 4.90 Å². The first kappa shape index (κ1) is 14.3. The molecule has 2 rings (SSSR count). The predicted molar refractivity (Wildman–Crippen MR) is 83.2 cm³/mol. The van der Waals surface area contributed by atoms with E-state index in [1.807, 2.05) is 11.3 Å². The summed E-state index contributed by atoms with van der Waals surface area (Å²) in [6.45, 7) is 6.26. The van der Waals surface area contributed by atoms with Crippen LogP contribution in [-0.2, 0) is 6.54 Å². The average molecular weight is 274 g/mol. The number of hydrogen-bond acceptors (Lipinski definition) is 3. The van der Waals surface area contributed by atoms with Gasteiger partial charge in [0.2, 0.25) is 0 Å². The minimum atomic E-state index is 0.113. The van der Waals surface area contributed by atoms with E-state index in [1.165, 1.54) is 10.4 Å². The SMILES string of the molecule is CCN(Cc1cccs1)C(c1ccccc1)C(C)N. The topological polar surface area (TPSA) is 29.3 Å². The van der Waals surface area contributed by atoms with Gasteiger partial charge in [0.25, 0.3) is 0 Å². The van der Waals surface area contributed by atoms with Crippen molar-refractivity contribution >= 4 is 11.3 Å². The van der Waals surface area contributed by atoms with Gasteiger partial charge < -0.3 is 5.73 Å². The zero-order chi connectivity index (χ0) is 13.7. The van der Waals surface area contributed by atoms with Crippen molar-refractivity contribution in [3.05, 3.63) is 58.3 Å². The fraction of sp³-hybridized carbons (Fsp3) is 0.375. The largest absolute Gasteiger partial charge is 0.326 e. The standard InChI is InChI=1S/C16H22N2S/c1-3-18(12-15-10-7-11-19-15)16(13(2)17)14-8-5-4-6-9-14/h4-11,13,16H,3,12,17H2,1-2H3. The molecule has 0 saturated heterocycles. The van der Waals surface area contributed by atoms with Crippen LogP contribution in [0.25, 0.3) is 0 Å². The maximum atomic E-state index is 6.24. The molecule has 2 unspecified atom stereocenters. The third-order valence-corrected chi connectivity index (χ3v) is 4.24. The van der Waals surface area contributed by atoms with Crippen molar-refractivity contribution in [2.75, 3.05) is 6.54 Å².